The summed E-state index contributed by atoms with van der Waals surface area (Å²) in [5.41, 5.74) is 0. The second-order valence-electron chi connectivity index (χ2n) is 4.48. The fraction of sp³-hybridized carbons (Fsp3) is 0.833. The van der Waals surface area contributed by atoms with Crippen molar-refractivity contribution in [2.75, 3.05) is 13.1 Å². The lowest BCUT2D eigenvalue weighted by Crippen LogP contribution is -2.32. The van der Waals surface area contributed by atoms with E-state index in [9.17, 15) is 0 Å². The number of rotatable bonds is 2. The zero-order valence-electron chi connectivity index (χ0n) is 8.71. The predicted molar refractivity (Wildman–Crippen MR) is 56.8 cm³/mol. The van der Waals surface area contributed by atoms with E-state index in [1.54, 1.807) is 0 Å². The summed E-state index contributed by atoms with van der Waals surface area (Å²) in [4.78, 5) is 2.68. The van der Waals surface area contributed by atoms with Gasteiger partial charge in [0, 0.05) is 12.6 Å². The van der Waals surface area contributed by atoms with Crippen LogP contribution in [0.3, 0.4) is 0 Å². The molecule has 1 aliphatic carbocycles. The molecule has 2 unspecified atom stereocenters. The number of likely N-dealkylation sites (tertiary alicyclic amines) is 1. The third-order valence-corrected chi connectivity index (χ3v) is 3.59. The quantitative estimate of drug-likeness (QED) is 0.589. The Hall–Kier alpha value is -0.300. The average Bonchev–Trinajstić information content (AvgIpc) is 2.67. The first-order valence-electron chi connectivity index (χ1n) is 5.81. The van der Waals surface area contributed by atoms with E-state index in [-0.39, 0.29) is 0 Å². The van der Waals surface area contributed by atoms with Crippen LogP contribution in [0.2, 0.25) is 0 Å². The van der Waals surface area contributed by atoms with Gasteiger partial charge in [0.25, 0.3) is 0 Å². The van der Waals surface area contributed by atoms with Gasteiger partial charge in [-0.25, -0.2) is 0 Å². The summed E-state index contributed by atoms with van der Waals surface area (Å²) in [6.07, 6.45) is 11.7. The highest BCUT2D eigenvalue weighted by Gasteiger charge is 2.26. The standard InChI is InChI=1S/C12H21N/c1-2-11-8-9-13(10-11)12-6-4-3-5-7-12/h4,6,11-12H,2-3,5,7-10H2,1H3. The van der Waals surface area contributed by atoms with Crippen molar-refractivity contribution < 1.29 is 0 Å². The van der Waals surface area contributed by atoms with Crippen LogP contribution in [0.4, 0.5) is 0 Å². The largest absolute Gasteiger partial charge is 0.297 e. The lowest BCUT2D eigenvalue weighted by Gasteiger charge is -2.27. The van der Waals surface area contributed by atoms with Crippen molar-refractivity contribution in [2.24, 2.45) is 5.92 Å². The summed E-state index contributed by atoms with van der Waals surface area (Å²) < 4.78 is 0. The second kappa shape index (κ2) is 4.28. The molecule has 1 nitrogen and oxygen atoms in total. The van der Waals surface area contributed by atoms with Gasteiger partial charge < -0.3 is 0 Å². The molecule has 74 valence electrons. The van der Waals surface area contributed by atoms with Gasteiger partial charge in [0.1, 0.15) is 0 Å². The van der Waals surface area contributed by atoms with E-state index >= 15 is 0 Å². The van der Waals surface area contributed by atoms with Gasteiger partial charge in [0.05, 0.1) is 0 Å². The van der Waals surface area contributed by atoms with Crippen LogP contribution in [0.25, 0.3) is 0 Å². The molecule has 0 aromatic rings. The van der Waals surface area contributed by atoms with Gasteiger partial charge in [0.2, 0.25) is 0 Å². The molecule has 1 heteroatoms. The maximum absolute atomic E-state index is 2.68. The maximum atomic E-state index is 2.68. The van der Waals surface area contributed by atoms with Crippen molar-refractivity contribution in [1.82, 2.24) is 4.90 Å². The van der Waals surface area contributed by atoms with Crippen LogP contribution in [-0.4, -0.2) is 24.0 Å². The Morgan fingerprint density at radius 1 is 1.38 bits per heavy atom. The van der Waals surface area contributed by atoms with E-state index in [4.69, 9.17) is 0 Å². The molecule has 0 spiro atoms. The highest BCUT2D eigenvalue weighted by Crippen LogP contribution is 2.25. The van der Waals surface area contributed by atoms with Gasteiger partial charge in [-0.15, -0.1) is 0 Å². The Labute approximate surface area is 81.8 Å². The molecule has 2 rings (SSSR count). The molecule has 0 bridgehead atoms. The SMILES string of the molecule is CCC1CCN(C2C=CCCC2)C1. The average molecular weight is 179 g/mol. The molecule has 0 N–H and O–H groups in total. The third-order valence-electron chi connectivity index (χ3n) is 3.59. The lowest BCUT2D eigenvalue weighted by atomic mass is 10.0. The number of hydrogen-bond acceptors (Lipinski definition) is 1. The van der Waals surface area contributed by atoms with E-state index in [1.165, 1.54) is 45.2 Å². The van der Waals surface area contributed by atoms with Crippen LogP contribution in [0.15, 0.2) is 12.2 Å². The summed E-state index contributed by atoms with van der Waals surface area (Å²) in [6.45, 7) is 5.02. The smallest absolute Gasteiger partial charge is 0.0278 e. The molecular weight excluding hydrogens is 158 g/mol. The van der Waals surface area contributed by atoms with E-state index < -0.39 is 0 Å². The van der Waals surface area contributed by atoms with Gasteiger partial charge in [0.15, 0.2) is 0 Å². The monoisotopic (exact) mass is 179 g/mol. The number of hydrogen-bond donors (Lipinski definition) is 0. The van der Waals surface area contributed by atoms with Crippen molar-refractivity contribution in [1.29, 1.82) is 0 Å². The highest BCUT2D eigenvalue weighted by molar-refractivity contribution is 5.00. The van der Waals surface area contributed by atoms with Gasteiger partial charge >= 0.3 is 0 Å². The Kier molecular flexibility index (Phi) is 3.05. The molecule has 2 atom stereocenters. The van der Waals surface area contributed by atoms with E-state index in [0.717, 1.165) is 12.0 Å². The molecule has 0 aromatic carbocycles. The molecular formula is C12H21N. The molecule has 0 saturated carbocycles. The molecule has 1 fully saturated rings. The maximum Gasteiger partial charge on any atom is 0.0278 e. The van der Waals surface area contributed by atoms with Gasteiger partial charge in [-0.1, -0.05) is 25.5 Å². The van der Waals surface area contributed by atoms with Crippen LogP contribution >= 0.6 is 0 Å². The minimum absolute atomic E-state index is 0.783. The van der Waals surface area contributed by atoms with Crippen LogP contribution < -0.4 is 0 Å². The molecule has 1 saturated heterocycles. The van der Waals surface area contributed by atoms with Crippen molar-refractivity contribution in [3.8, 4) is 0 Å². The fourth-order valence-electron chi connectivity index (χ4n) is 2.60. The topological polar surface area (TPSA) is 3.24 Å². The van der Waals surface area contributed by atoms with Crippen molar-refractivity contribution in [2.45, 2.75) is 45.1 Å². The lowest BCUT2D eigenvalue weighted by molar-refractivity contribution is 0.253. The van der Waals surface area contributed by atoms with E-state index in [1.807, 2.05) is 0 Å². The van der Waals surface area contributed by atoms with Crippen molar-refractivity contribution in [3.05, 3.63) is 12.2 Å². The molecule has 2 aliphatic rings. The normalized spacial score (nSPS) is 35.5. The molecule has 1 aliphatic heterocycles. The summed E-state index contributed by atoms with van der Waals surface area (Å²) in [7, 11) is 0. The second-order valence-corrected chi connectivity index (χ2v) is 4.48. The van der Waals surface area contributed by atoms with Gasteiger partial charge in [-0.05, 0) is 38.1 Å². The minimum atomic E-state index is 0.783. The van der Waals surface area contributed by atoms with Crippen LogP contribution in [0.5, 0.6) is 0 Å². The zero-order chi connectivity index (χ0) is 9.10. The number of allylic oxidation sites excluding steroid dienone is 1. The molecule has 0 amide bonds. The Morgan fingerprint density at radius 2 is 2.31 bits per heavy atom. The summed E-state index contributed by atoms with van der Waals surface area (Å²) in [5.74, 6) is 0.982. The Balaban J connectivity index is 1.87. The van der Waals surface area contributed by atoms with E-state index in [0.29, 0.717) is 0 Å². The minimum Gasteiger partial charge on any atom is -0.297 e. The van der Waals surface area contributed by atoms with E-state index in [2.05, 4.69) is 24.0 Å². The summed E-state index contributed by atoms with van der Waals surface area (Å²) in [6, 6.07) is 0.783. The van der Waals surface area contributed by atoms with Crippen LogP contribution in [0, 0.1) is 5.92 Å². The number of nitrogens with zero attached hydrogens (tertiary/aromatic N) is 1. The van der Waals surface area contributed by atoms with Gasteiger partial charge in [-0.3, -0.25) is 4.90 Å². The van der Waals surface area contributed by atoms with Crippen LogP contribution in [0.1, 0.15) is 39.0 Å². The first-order valence-corrected chi connectivity index (χ1v) is 5.81. The van der Waals surface area contributed by atoms with Crippen LogP contribution in [-0.2, 0) is 0 Å². The molecule has 0 aromatic heterocycles. The molecule has 0 radical (unpaired) electrons. The zero-order valence-corrected chi connectivity index (χ0v) is 8.71. The first-order chi connectivity index (χ1) is 6.40. The Bertz CT molecular complexity index is 186. The fourth-order valence-corrected chi connectivity index (χ4v) is 2.60. The third kappa shape index (κ3) is 2.14. The first kappa shape index (κ1) is 9.26. The van der Waals surface area contributed by atoms with Gasteiger partial charge in [-0.2, -0.15) is 0 Å². The summed E-state index contributed by atoms with van der Waals surface area (Å²) in [5, 5.41) is 0. The molecule has 1 heterocycles. The predicted octanol–water partition coefficient (Wildman–Crippen LogP) is 2.83. The van der Waals surface area contributed by atoms with Crippen molar-refractivity contribution in [3.63, 3.8) is 0 Å². The molecule has 13 heavy (non-hydrogen) atoms. The van der Waals surface area contributed by atoms with Crippen molar-refractivity contribution >= 4 is 0 Å². The Morgan fingerprint density at radius 3 is 2.92 bits per heavy atom. The highest BCUT2D eigenvalue weighted by atomic mass is 15.2. The summed E-state index contributed by atoms with van der Waals surface area (Å²) >= 11 is 0.